The average molecular weight is 305 g/mol. The summed E-state index contributed by atoms with van der Waals surface area (Å²) in [5.74, 6) is -5.09. The number of esters is 1. The van der Waals surface area contributed by atoms with Gasteiger partial charge in [0, 0.05) is 13.7 Å². The van der Waals surface area contributed by atoms with E-state index in [4.69, 9.17) is 0 Å². The molecule has 0 atom stereocenters. The molecule has 0 aliphatic rings. The Labute approximate surface area is 121 Å². The van der Waals surface area contributed by atoms with Crippen LogP contribution in [0.15, 0.2) is 0 Å². The largest absolute Gasteiger partial charge is 0.465 e. The number of carbonyl (C=O) groups is 1. The summed E-state index contributed by atoms with van der Waals surface area (Å²) in [6.07, 6.45) is 1.50. The highest BCUT2D eigenvalue weighted by atomic mass is 19.2. The normalized spacial score (nSPS) is 10.6. The van der Waals surface area contributed by atoms with Crippen molar-refractivity contribution in [3.8, 4) is 0 Å². The van der Waals surface area contributed by atoms with Gasteiger partial charge < -0.3 is 14.8 Å². The molecule has 0 aliphatic heterocycles. The van der Waals surface area contributed by atoms with E-state index in [1.165, 1.54) is 7.11 Å². The summed E-state index contributed by atoms with van der Waals surface area (Å²) in [4.78, 5) is 11.6. The van der Waals surface area contributed by atoms with Gasteiger partial charge in [-0.2, -0.15) is 0 Å². The van der Waals surface area contributed by atoms with E-state index in [0.717, 1.165) is 13.5 Å². The van der Waals surface area contributed by atoms with E-state index in [2.05, 4.69) is 14.8 Å². The van der Waals surface area contributed by atoms with Crippen LogP contribution in [0.5, 0.6) is 0 Å². The van der Waals surface area contributed by atoms with Crippen LogP contribution in [0.1, 0.15) is 35.7 Å². The number of halogens is 3. The second-order valence-electron chi connectivity index (χ2n) is 4.38. The highest BCUT2D eigenvalue weighted by Gasteiger charge is 2.29. The van der Waals surface area contributed by atoms with Crippen molar-refractivity contribution in [1.29, 1.82) is 0 Å². The first kappa shape index (κ1) is 17.3. The van der Waals surface area contributed by atoms with Crippen LogP contribution >= 0.6 is 0 Å². The van der Waals surface area contributed by atoms with E-state index < -0.39 is 46.8 Å². The lowest BCUT2D eigenvalue weighted by Crippen LogP contribution is -2.17. The molecule has 118 valence electrons. The summed E-state index contributed by atoms with van der Waals surface area (Å²) in [5.41, 5.74) is -1.74. The van der Waals surface area contributed by atoms with Crippen LogP contribution in [-0.2, 0) is 16.1 Å². The van der Waals surface area contributed by atoms with Gasteiger partial charge in [-0.25, -0.2) is 18.0 Å². The van der Waals surface area contributed by atoms with Crippen LogP contribution in [0.2, 0.25) is 0 Å². The molecule has 7 heteroatoms. The van der Waals surface area contributed by atoms with Crippen molar-refractivity contribution >= 4 is 11.7 Å². The first-order chi connectivity index (χ1) is 9.99. The molecule has 0 radical (unpaired) electrons. The SMILES string of the molecule is CCCCNc1c(F)c(COC)c(F)c(F)c1C(=O)OC. The third-order valence-corrected chi connectivity index (χ3v) is 2.92. The fourth-order valence-corrected chi connectivity index (χ4v) is 1.83. The van der Waals surface area contributed by atoms with E-state index >= 15 is 0 Å². The Morgan fingerprint density at radius 3 is 2.33 bits per heavy atom. The molecule has 0 bridgehead atoms. The van der Waals surface area contributed by atoms with E-state index in [1.54, 1.807) is 0 Å². The van der Waals surface area contributed by atoms with Gasteiger partial charge in [0.25, 0.3) is 0 Å². The molecule has 0 aromatic heterocycles. The standard InChI is InChI=1S/C14H18F3NO3/c1-4-5-6-18-13-9(14(19)21-3)12(17)10(15)8(7-20-2)11(13)16/h18H,4-7H2,1-3H3. The van der Waals surface area contributed by atoms with Crippen molar-refractivity contribution in [2.75, 3.05) is 26.1 Å². The maximum atomic E-state index is 14.3. The summed E-state index contributed by atoms with van der Waals surface area (Å²) in [6, 6.07) is 0. The number of benzene rings is 1. The summed E-state index contributed by atoms with van der Waals surface area (Å²) < 4.78 is 51.3. The van der Waals surface area contributed by atoms with Gasteiger partial charge in [0.2, 0.25) is 0 Å². The topological polar surface area (TPSA) is 47.6 Å². The van der Waals surface area contributed by atoms with Crippen molar-refractivity contribution in [3.63, 3.8) is 0 Å². The highest BCUT2D eigenvalue weighted by molar-refractivity contribution is 5.96. The number of unbranched alkanes of at least 4 members (excludes halogenated alkanes) is 1. The van der Waals surface area contributed by atoms with Crippen LogP contribution in [0.25, 0.3) is 0 Å². The maximum Gasteiger partial charge on any atom is 0.343 e. The molecule has 0 spiro atoms. The first-order valence-electron chi connectivity index (χ1n) is 6.49. The number of carbonyl (C=O) groups excluding carboxylic acids is 1. The Balaban J connectivity index is 3.42. The molecule has 21 heavy (non-hydrogen) atoms. The molecule has 0 saturated carbocycles. The minimum absolute atomic E-state index is 0.314. The van der Waals surface area contributed by atoms with Gasteiger partial charge in [-0.1, -0.05) is 13.3 Å². The van der Waals surface area contributed by atoms with Crippen molar-refractivity contribution in [2.24, 2.45) is 0 Å². The molecule has 0 heterocycles. The number of hydrogen-bond acceptors (Lipinski definition) is 4. The van der Waals surface area contributed by atoms with Crippen LogP contribution in [0.3, 0.4) is 0 Å². The molecule has 0 saturated heterocycles. The lowest BCUT2D eigenvalue weighted by Gasteiger charge is -2.16. The summed E-state index contributed by atoms with van der Waals surface area (Å²) in [7, 11) is 2.24. The number of hydrogen-bond donors (Lipinski definition) is 1. The van der Waals surface area contributed by atoms with Gasteiger partial charge in [-0.3, -0.25) is 0 Å². The number of ether oxygens (including phenoxy) is 2. The van der Waals surface area contributed by atoms with Crippen LogP contribution in [0.4, 0.5) is 18.9 Å². The van der Waals surface area contributed by atoms with Crippen molar-refractivity contribution in [2.45, 2.75) is 26.4 Å². The number of methoxy groups -OCH3 is 2. The highest BCUT2D eigenvalue weighted by Crippen LogP contribution is 2.30. The maximum absolute atomic E-state index is 14.3. The van der Waals surface area contributed by atoms with Gasteiger partial charge in [-0.15, -0.1) is 0 Å². The molecule has 1 aromatic carbocycles. The molecule has 0 amide bonds. The van der Waals surface area contributed by atoms with Crippen molar-refractivity contribution in [1.82, 2.24) is 0 Å². The molecule has 1 aromatic rings. The van der Waals surface area contributed by atoms with Gasteiger partial charge in [0.15, 0.2) is 17.5 Å². The summed E-state index contributed by atoms with van der Waals surface area (Å²) in [5, 5.41) is 2.63. The van der Waals surface area contributed by atoms with Gasteiger partial charge >= 0.3 is 5.97 Å². The van der Waals surface area contributed by atoms with Gasteiger partial charge in [0.1, 0.15) is 5.56 Å². The number of anilines is 1. The van der Waals surface area contributed by atoms with E-state index in [1.807, 2.05) is 6.92 Å². The molecule has 4 nitrogen and oxygen atoms in total. The van der Waals surface area contributed by atoms with Gasteiger partial charge in [-0.05, 0) is 6.42 Å². The van der Waals surface area contributed by atoms with E-state index in [9.17, 15) is 18.0 Å². The van der Waals surface area contributed by atoms with Crippen molar-refractivity contribution in [3.05, 3.63) is 28.6 Å². The third kappa shape index (κ3) is 3.66. The fourth-order valence-electron chi connectivity index (χ4n) is 1.83. The fraction of sp³-hybridized carbons (Fsp3) is 0.500. The molecule has 1 N–H and O–H groups in total. The third-order valence-electron chi connectivity index (χ3n) is 2.92. The predicted molar refractivity (Wildman–Crippen MR) is 71.8 cm³/mol. The van der Waals surface area contributed by atoms with Crippen LogP contribution in [0, 0.1) is 17.5 Å². The number of nitrogens with one attached hydrogen (secondary N) is 1. The quantitative estimate of drug-likeness (QED) is 0.477. The zero-order chi connectivity index (χ0) is 16.0. The zero-order valence-electron chi connectivity index (χ0n) is 12.2. The smallest absolute Gasteiger partial charge is 0.343 e. The van der Waals surface area contributed by atoms with Gasteiger partial charge in [0.05, 0.1) is 25.0 Å². The second kappa shape index (κ2) is 7.87. The second-order valence-corrected chi connectivity index (χ2v) is 4.38. The Bertz CT molecular complexity index is 521. The Morgan fingerprint density at radius 1 is 1.14 bits per heavy atom. The Kier molecular flexibility index (Phi) is 6.48. The Hall–Kier alpha value is -1.76. The molecular formula is C14H18F3NO3. The molecule has 0 fully saturated rings. The zero-order valence-corrected chi connectivity index (χ0v) is 12.2. The molecular weight excluding hydrogens is 287 g/mol. The lowest BCUT2D eigenvalue weighted by atomic mass is 10.1. The minimum atomic E-state index is -1.45. The average Bonchev–Trinajstić information content (AvgIpc) is 2.48. The van der Waals surface area contributed by atoms with E-state index in [-0.39, 0.29) is 0 Å². The minimum Gasteiger partial charge on any atom is -0.465 e. The molecule has 0 aliphatic carbocycles. The molecule has 0 unspecified atom stereocenters. The summed E-state index contributed by atoms with van der Waals surface area (Å²) >= 11 is 0. The molecule has 1 rings (SSSR count). The van der Waals surface area contributed by atoms with Crippen molar-refractivity contribution < 1.29 is 27.4 Å². The lowest BCUT2D eigenvalue weighted by molar-refractivity contribution is 0.0594. The van der Waals surface area contributed by atoms with Crippen LogP contribution in [-0.4, -0.2) is 26.7 Å². The summed E-state index contributed by atoms with van der Waals surface area (Å²) in [6.45, 7) is 1.79. The monoisotopic (exact) mass is 305 g/mol. The van der Waals surface area contributed by atoms with Crippen LogP contribution < -0.4 is 5.32 Å². The van der Waals surface area contributed by atoms with E-state index in [0.29, 0.717) is 13.0 Å². The number of rotatable bonds is 7. The predicted octanol–water partition coefficient (Wildman–Crippen LogP) is 3.25. The Morgan fingerprint density at radius 2 is 1.81 bits per heavy atom. The first-order valence-corrected chi connectivity index (χ1v) is 6.49.